The molecule has 7 heteroatoms. The highest BCUT2D eigenvalue weighted by Gasteiger charge is 2.40. The maximum atomic E-state index is 14.3. The largest absolute Gasteiger partial charge is 0.338 e. The fourth-order valence-corrected chi connectivity index (χ4v) is 3.29. The number of likely N-dealkylation sites (tertiary alicyclic amines) is 1. The number of nitrogens with zero attached hydrogens (tertiary/aromatic N) is 3. The van der Waals surface area contributed by atoms with Crippen molar-refractivity contribution in [1.82, 2.24) is 14.7 Å². The Kier molecular flexibility index (Phi) is 4.83. The molecule has 0 bridgehead atoms. The molecule has 1 N–H and O–H groups in total. The van der Waals surface area contributed by atoms with Gasteiger partial charge in [-0.1, -0.05) is 18.2 Å². The maximum Gasteiger partial charge on any atom is 0.230 e. The molecule has 1 fully saturated rings. The van der Waals surface area contributed by atoms with Gasteiger partial charge in [-0.3, -0.25) is 14.3 Å². The van der Waals surface area contributed by atoms with Crippen molar-refractivity contribution < 1.29 is 14.0 Å². The van der Waals surface area contributed by atoms with Crippen LogP contribution in [0, 0.1) is 11.7 Å². The molecule has 6 nitrogen and oxygen atoms in total. The monoisotopic (exact) mass is 344 g/mol. The minimum atomic E-state index is -0.622. The van der Waals surface area contributed by atoms with Gasteiger partial charge in [0, 0.05) is 31.8 Å². The zero-order chi connectivity index (χ0) is 18.0. The Labute approximate surface area is 145 Å². The third-order valence-electron chi connectivity index (χ3n) is 4.65. The molecule has 1 aromatic heterocycles. The molecule has 1 aliphatic heterocycles. The third-order valence-corrected chi connectivity index (χ3v) is 4.65. The van der Waals surface area contributed by atoms with Crippen LogP contribution in [0.25, 0.3) is 0 Å². The lowest BCUT2D eigenvalue weighted by Crippen LogP contribution is -2.44. The molecule has 3 rings (SSSR count). The van der Waals surface area contributed by atoms with E-state index in [1.807, 2.05) is 6.92 Å². The SMILES string of the molecule is CCn1cc(NC(=O)C2CCC(=O)N(C)C2c2ccccc2F)cn1. The standard InChI is InChI=1S/C18H21FN4O2/c1-3-23-11-12(10-20-23)21-18(25)14-8-9-16(24)22(2)17(14)13-6-4-5-7-15(13)19/h4-7,10-11,14,17H,3,8-9H2,1-2H3,(H,21,25). The number of amides is 2. The van der Waals surface area contributed by atoms with Gasteiger partial charge in [-0.15, -0.1) is 0 Å². The summed E-state index contributed by atoms with van der Waals surface area (Å²) < 4.78 is 16.0. The summed E-state index contributed by atoms with van der Waals surface area (Å²) in [5, 5.41) is 6.97. The van der Waals surface area contributed by atoms with Crippen LogP contribution in [0.5, 0.6) is 0 Å². The molecule has 2 amide bonds. The summed E-state index contributed by atoms with van der Waals surface area (Å²) in [6.45, 7) is 2.66. The number of hydrogen-bond acceptors (Lipinski definition) is 3. The highest BCUT2D eigenvalue weighted by Crippen LogP contribution is 2.37. The Morgan fingerprint density at radius 2 is 2.16 bits per heavy atom. The quantitative estimate of drug-likeness (QED) is 0.927. The van der Waals surface area contributed by atoms with Gasteiger partial charge >= 0.3 is 0 Å². The van der Waals surface area contributed by atoms with E-state index in [0.717, 1.165) is 0 Å². The summed E-state index contributed by atoms with van der Waals surface area (Å²) in [4.78, 5) is 26.4. The van der Waals surface area contributed by atoms with Crippen LogP contribution in [0.4, 0.5) is 10.1 Å². The smallest absolute Gasteiger partial charge is 0.230 e. The molecule has 2 heterocycles. The second-order valence-electron chi connectivity index (χ2n) is 6.19. The second kappa shape index (κ2) is 7.04. The number of rotatable bonds is 4. The predicted octanol–water partition coefficient (Wildman–Crippen LogP) is 2.59. The average Bonchev–Trinajstić information content (AvgIpc) is 3.05. The fourth-order valence-electron chi connectivity index (χ4n) is 3.29. The van der Waals surface area contributed by atoms with E-state index >= 15 is 0 Å². The first kappa shape index (κ1) is 17.1. The van der Waals surface area contributed by atoms with Crippen LogP contribution in [0.1, 0.15) is 31.4 Å². The summed E-state index contributed by atoms with van der Waals surface area (Å²) in [5.41, 5.74) is 0.959. The summed E-state index contributed by atoms with van der Waals surface area (Å²) in [6, 6.07) is 5.67. The molecule has 2 aromatic rings. The first-order chi connectivity index (χ1) is 12.0. The van der Waals surface area contributed by atoms with Gasteiger partial charge in [0.1, 0.15) is 5.82 Å². The number of halogens is 1. The molecular formula is C18H21FN4O2. The molecule has 0 spiro atoms. The van der Waals surface area contributed by atoms with E-state index in [9.17, 15) is 14.0 Å². The molecule has 1 saturated heterocycles. The fraction of sp³-hybridized carbons (Fsp3) is 0.389. The Morgan fingerprint density at radius 3 is 2.84 bits per heavy atom. The van der Waals surface area contributed by atoms with Crippen LogP contribution < -0.4 is 5.32 Å². The zero-order valence-electron chi connectivity index (χ0n) is 14.3. The Morgan fingerprint density at radius 1 is 1.40 bits per heavy atom. The summed E-state index contributed by atoms with van der Waals surface area (Å²) >= 11 is 0. The second-order valence-corrected chi connectivity index (χ2v) is 6.19. The van der Waals surface area contributed by atoms with Crippen molar-refractivity contribution in [3.63, 3.8) is 0 Å². The number of hydrogen-bond donors (Lipinski definition) is 1. The molecule has 0 radical (unpaired) electrons. The number of aryl methyl sites for hydroxylation is 1. The van der Waals surface area contributed by atoms with Crippen molar-refractivity contribution >= 4 is 17.5 Å². The molecule has 2 unspecified atom stereocenters. The number of anilines is 1. The van der Waals surface area contributed by atoms with Gasteiger partial charge in [-0.05, 0) is 19.4 Å². The zero-order valence-corrected chi connectivity index (χ0v) is 14.3. The van der Waals surface area contributed by atoms with Crippen molar-refractivity contribution in [2.45, 2.75) is 32.4 Å². The van der Waals surface area contributed by atoms with Gasteiger partial charge in [0.2, 0.25) is 11.8 Å². The number of piperidine rings is 1. The first-order valence-electron chi connectivity index (χ1n) is 8.34. The Hall–Kier alpha value is -2.70. The van der Waals surface area contributed by atoms with Crippen molar-refractivity contribution in [2.24, 2.45) is 5.92 Å². The van der Waals surface area contributed by atoms with Crippen LogP contribution in [0.15, 0.2) is 36.7 Å². The van der Waals surface area contributed by atoms with E-state index in [2.05, 4.69) is 10.4 Å². The molecule has 132 valence electrons. The van der Waals surface area contributed by atoms with E-state index in [4.69, 9.17) is 0 Å². The van der Waals surface area contributed by atoms with Gasteiger partial charge in [0.25, 0.3) is 0 Å². The van der Waals surface area contributed by atoms with E-state index in [1.165, 1.54) is 11.0 Å². The third kappa shape index (κ3) is 3.40. The first-order valence-corrected chi connectivity index (χ1v) is 8.34. The number of carbonyl (C=O) groups is 2. The minimum Gasteiger partial charge on any atom is -0.338 e. The topological polar surface area (TPSA) is 67.2 Å². The van der Waals surface area contributed by atoms with Crippen molar-refractivity contribution in [2.75, 3.05) is 12.4 Å². The van der Waals surface area contributed by atoms with Crippen molar-refractivity contribution in [1.29, 1.82) is 0 Å². The highest BCUT2D eigenvalue weighted by molar-refractivity contribution is 5.94. The lowest BCUT2D eigenvalue weighted by atomic mass is 9.83. The van der Waals surface area contributed by atoms with Crippen molar-refractivity contribution in [3.8, 4) is 0 Å². The van der Waals surface area contributed by atoms with E-state index in [-0.39, 0.29) is 18.2 Å². The maximum absolute atomic E-state index is 14.3. The average molecular weight is 344 g/mol. The number of aromatic nitrogens is 2. The van der Waals surface area contributed by atoms with Crippen LogP contribution in [-0.2, 0) is 16.1 Å². The lowest BCUT2D eigenvalue weighted by molar-refractivity contribution is -0.140. The van der Waals surface area contributed by atoms with Gasteiger partial charge in [-0.25, -0.2) is 4.39 Å². The number of benzene rings is 1. The van der Waals surface area contributed by atoms with Crippen LogP contribution in [0.2, 0.25) is 0 Å². The summed E-state index contributed by atoms with van der Waals surface area (Å²) in [7, 11) is 1.62. The highest BCUT2D eigenvalue weighted by atomic mass is 19.1. The molecule has 1 aromatic carbocycles. The summed E-state index contributed by atoms with van der Waals surface area (Å²) in [5.74, 6) is -1.26. The molecule has 2 atom stereocenters. The van der Waals surface area contributed by atoms with E-state index < -0.39 is 17.8 Å². The summed E-state index contributed by atoms with van der Waals surface area (Å²) in [6.07, 6.45) is 3.98. The van der Waals surface area contributed by atoms with Crippen LogP contribution >= 0.6 is 0 Å². The normalized spacial score (nSPS) is 20.6. The predicted molar refractivity (Wildman–Crippen MR) is 91.2 cm³/mol. The molecule has 1 aliphatic rings. The van der Waals surface area contributed by atoms with Gasteiger partial charge in [0.15, 0.2) is 0 Å². The van der Waals surface area contributed by atoms with Crippen LogP contribution in [0.3, 0.4) is 0 Å². The minimum absolute atomic E-state index is 0.0869. The molecule has 0 aliphatic carbocycles. The molecule has 0 saturated carbocycles. The Balaban J connectivity index is 1.87. The Bertz CT molecular complexity index is 789. The number of carbonyl (C=O) groups excluding carboxylic acids is 2. The number of nitrogens with one attached hydrogen (secondary N) is 1. The van der Waals surface area contributed by atoms with Crippen molar-refractivity contribution in [3.05, 3.63) is 48.0 Å². The van der Waals surface area contributed by atoms with Gasteiger partial charge in [-0.2, -0.15) is 5.10 Å². The molecule has 25 heavy (non-hydrogen) atoms. The lowest BCUT2D eigenvalue weighted by Gasteiger charge is -2.38. The van der Waals surface area contributed by atoms with Gasteiger partial charge in [0.05, 0.1) is 23.8 Å². The van der Waals surface area contributed by atoms with E-state index in [0.29, 0.717) is 24.2 Å². The van der Waals surface area contributed by atoms with E-state index in [1.54, 1.807) is 42.3 Å². The van der Waals surface area contributed by atoms with Gasteiger partial charge < -0.3 is 10.2 Å². The molecular weight excluding hydrogens is 323 g/mol. The van der Waals surface area contributed by atoms with Crippen LogP contribution in [-0.4, -0.2) is 33.5 Å².